The summed E-state index contributed by atoms with van der Waals surface area (Å²) in [5.41, 5.74) is 0.198. The monoisotopic (exact) mass is 448 g/mol. The molecule has 1 aromatic carbocycles. The average Bonchev–Trinajstić information content (AvgIpc) is 3.29. The molecule has 1 saturated heterocycles. The maximum absolute atomic E-state index is 13.4. The topological polar surface area (TPSA) is 40.6 Å². The number of carbonyl (C=O) groups is 2. The van der Waals surface area contributed by atoms with E-state index in [0.29, 0.717) is 41.1 Å². The zero-order chi connectivity index (χ0) is 22.3. The maximum Gasteiger partial charge on any atom is 0.416 e. The number of nitrogens with zero attached hydrogens (tertiary/aromatic N) is 2. The van der Waals surface area contributed by atoms with Crippen molar-refractivity contribution in [3.8, 4) is 0 Å². The van der Waals surface area contributed by atoms with E-state index in [1.165, 1.54) is 23.5 Å². The summed E-state index contributed by atoms with van der Waals surface area (Å²) in [6.45, 7) is 5.39. The van der Waals surface area contributed by atoms with Crippen LogP contribution in [0.1, 0.15) is 36.3 Å². The van der Waals surface area contributed by atoms with Crippen molar-refractivity contribution >= 4 is 28.7 Å². The summed E-state index contributed by atoms with van der Waals surface area (Å²) in [4.78, 5) is 30.5. The lowest BCUT2D eigenvalue weighted by molar-refractivity contribution is -0.138. The lowest BCUT2D eigenvalue weighted by atomic mass is 9.91. The van der Waals surface area contributed by atoms with Crippen molar-refractivity contribution in [2.45, 2.75) is 33.0 Å². The molecule has 1 aromatic heterocycles. The van der Waals surface area contributed by atoms with Crippen LogP contribution in [-0.2, 0) is 22.3 Å². The van der Waals surface area contributed by atoms with Gasteiger partial charge in [0.25, 0.3) is 11.8 Å². The Kier molecular flexibility index (Phi) is 5.68. The highest BCUT2D eigenvalue weighted by molar-refractivity contribution is 7.11. The number of benzene rings is 1. The summed E-state index contributed by atoms with van der Waals surface area (Å²) in [5, 5.41) is 1.84. The van der Waals surface area contributed by atoms with Crippen LogP contribution in [0.2, 0.25) is 0 Å². The zero-order valence-electron chi connectivity index (χ0n) is 17.3. The Morgan fingerprint density at radius 2 is 1.74 bits per heavy atom. The smallest absolute Gasteiger partial charge is 0.366 e. The number of piperidine rings is 1. The van der Waals surface area contributed by atoms with Crippen LogP contribution < -0.4 is 0 Å². The quantitative estimate of drug-likeness (QED) is 0.617. The van der Waals surface area contributed by atoms with Gasteiger partial charge in [0, 0.05) is 18.0 Å². The number of likely N-dealkylation sites (tertiary alicyclic amines) is 1. The van der Waals surface area contributed by atoms with E-state index in [9.17, 15) is 22.8 Å². The minimum absolute atomic E-state index is 0.196. The highest BCUT2D eigenvalue weighted by atomic mass is 32.1. The molecular weight excluding hydrogens is 425 g/mol. The van der Waals surface area contributed by atoms with Gasteiger partial charge in [0.2, 0.25) is 0 Å². The first-order chi connectivity index (χ1) is 14.6. The number of alkyl halides is 3. The minimum atomic E-state index is -4.49. The highest BCUT2D eigenvalue weighted by Crippen LogP contribution is 2.37. The molecule has 1 fully saturated rings. The van der Waals surface area contributed by atoms with Crippen LogP contribution in [0, 0.1) is 11.8 Å². The Morgan fingerprint density at radius 1 is 1.03 bits per heavy atom. The molecule has 2 aliphatic rings. The van der Waals surface area contributed by atoms with Gasteiger partial charge in [0.1, 0.15) is 5.70 Å². The summed E-state index contributed by atoms with van der Waals surface area (Å²) in [6.07, 6.45) is -3.44. The molecule has 8 heteroatoms. The number of hydrogen-bond donors (Lipinski definition) is 0. The molecule has 164 valence electrons. The Balaban J connectivity index is 1.69. The number of rotatable bonds is 4. The molecule has 31 heavy (non-hydrogen) atoms. The predicted molar refractivity (Wildman–Crippen MR) is 113 cm³/mol. The van der Waals surface area contributed by atoms with Gasteiger partial charge in [-0.05, 0) is 47.4 Å². The van der Waals surface area contributed by atoms with Gasteiger partial charge in [0.05, 0.1) is 17.7 Å². The fourth-order valence-electron chi connectivity index (χ4n) is 4.52. The molecule has 0 bridgehead atoms. The standard InChI is InChI=1S/C23H23F3N2O2S/c1-14-9-15(2)12-27(11-14)20-19(18-7-4-8-31-18)21(29)28(22(20)30)13-16-5-3-6-17(10-16)23(24,25)26/h3-8,10,14-15H,9,11-13H2,1-2H3. The third-order valence-electron chi connectivity index (χ3n) is 5.69. The van der Waals surface area contributed by atoms with Gasteiger partial charge in [-0.25, -0.2) is 0 Å². The van der Waals surface area contributed by atoms with Gasteiger partial charge in [-0.1, -0.05) is 32.0 Å². The minimum Gasteiger partial charge on any atom is -0.366 e. The number of carbonyl (C=O) groups excluding carboxylic acids is 2. The van der Waals surface area contributed by atoms with Crippen LogP contribution in [0.5, 0.6) is 0 Å². The van der Waals surface area contributed by atoms with Crippen molar-refractivity contribution in [2.24, 2.45) is 11.8 Å². The van der Waals surface area contributed by atoms with E-state index in [4.69, 9.17) is 0 Å². The molecule has 0 spiro atoms. The van der Waals surface area contributed by atoms with E-state index in [2.05, 4.69) is 13.8 Å². The maximum atomic E-state index is 13.4. The van der Waals surface area contributed by atoms with E-state index in [-0.39, 0.29) is 12.1 Å². The highest BCUT2D eigenvalue weighted by Gasteiger charge is 2.43. The Hall–Kier alpha value is -2.61. The van der Waals surface area contributed by atoms with Gasteiger partial charge >= 0.3 is 6.18 Å². The van der Waals surface area contributed by atoms with Crippen LogP contribution in [-0.4, -0.2) is 34.7 Å². The number of imide groups is 1. The van der Waals surface area contributed by atoms with Crippen LogP contribution >= 0.6 is 11.3 Å². The second kappa shape index (κ2) is 8.15. The Morgan fingerprint density at radius 3 is 2.35 bits per heavy atom. The number of thiophene rings is 1. The van der Waals surface area contributed by atoms with E-state index >= 15 is 0 Å². The summed E-state index contributed by atoms with van der Waals surface area (Å²) < 4.78 is 39.3. The molecule has 2 aliphatic heterocycles. The first-order valence-electron chi connectivity index (χ1n) is 10.2. The molecule has 0 N–H and O–H groups in total. The molecule has 2 atom stereocenters. The third-order valence-corrected chi connectivity index (χ3v) is 6.58. The molecule has 0 radical (unpaired) electrons. The molecule has 4 nitrogen and oxygen atoms in total. The van der Waals surface area contributed by atoms with E-state index in [1.807, 2.05) is 16.3 Å². The lowest BCUT2D eigenvalue weighted by Gasteiger charge is -2.37. The first kappa shape index (κ1) is 21.6. The largest absolute Gasteiger partial charge is 0.416 e. The van der Waals surface area contributed by atoms with Crippen molar-refractivity contribution in [3.05, 3.63) is 63.5 Å². The Labute approximate surface area is 183 Å². The van der Waals surface area contributed by atoms with E-state index in [0.717, 1.165) is 23.5 Å². The van der Waals surface area contributed by atoms with Crippen LogP contribution in [0.15, 0.2) is 47.5 Å². The number of amides is 2. The van der Waals surface area contributed by atoms with Crippen molar-refractivity contribution in [3.63, 3.8) is 0 Å². The van der Waals surface area contributed by atoms with Crippen LogP contribution in [0.3, 0.4) is 0 Å². The fourth-order valence-corrected chi connectivity index (χ4v) is 5.28. The van der Waals surface area contributed by atoms with Crippen LogP contribution in [0.25, 0.3) is 5.57 Å². The van der Waals surface area contributed by atoms with E-state index < -0.39 is 23.6 Å². The van der Waals surface area contributed by atoms with Gasteiger partial charge in [-0.15, -0.1) is 11.3 Å². The molecule has 0 saturated carbocycles. The fraction of sp³-hybridized carbons (Fsp3) is 0.391. The van der Waals surface area contributed by atoms with Crippen LogP contribution in [0.4, 0.5) is 13.2 Å². The average molecular weight is 449 g/mol. The van der Waals surface area contributed by atoms with Crippen molar-refractivity contribution in [2.75, 3.05) is 13.1 Å². The van der Waals surface area contributed by atoms with Gasteiger partial charge in [0.15, 0.2) is 0 Å². The Bertz CT molecular complexity index is 1020. The number of halogens is 3. The van der Waals surface area contributed by atoms with Crippen molar-refractivity contribution < 1.29 is 22.8 Å². The van der Waals surface area contributed by atoms with Gasteiger partial charge in [-0.2, -0.15) is 13.2 Å². The molecule has 2 aromatic rings. The lowest BCUT2D eigenvalue weighted by Crippen LogP contribution is -2.41. The van der Waals surface area contributed by atoms with Crippen molar-refractivity contribution in [1.82, 2.24) is 9.80 Å². The second-order valence-corrected chi connectivity index (χ2v) is 9.39. The molecular formula is C23H23F3N2O2S. The molecule has 4 rings (SSSR count). The predicted octanol–water partition coefficient (Wildman–Crippen LogP) is 5.02. The summed E-state index contributed by atoms with van der Waals surface area (Å²) in [6, 6.07) is 8.40. The molecule has 0 aliphatic carbocycles. The van der Waals surface area contributed by atoms with Gasteiger partial charge in [-0.3, -0.25) is 14.5 Å². The SMILES string of the molecule is CC1CC(C)CN(C2=C(c3cccs3)C(=O)N(Cc3cccc(C(F)(F)F)c3)C2=O)C1. The molecule has 2 amide bonds. The third kappa shape index (κ3) is 4.26. The molecule has 2 unspecified atom stereocenters. The summed E-state index contributed by atoms with van der Waals surface area (Å²) in [7, 11) is 0. The zero-order valence-corrected chi connectivity index (χ0v) is 18.1. The second-order valence-electron chi connectivity index (χ2n) is 8.45. The summed E-state index contributed by atoms with van der Waals surface area (Å²) in [5.74, 6) is -0.139. The number of hydrogen-bond acceptors (Lipinski definition) is 4. The first-order valence-corrected chi connectivity index (χ1v) is 11.1. The normalized spacial score (nSPS) is 22.6. The molecule has 3 heterocycles. The van der Waals surface area contributed by atoms with Crippen molar-refractivity contribution in [1.29, 1.82) is 0 Å². The van der Waals surface area contributed by atoms with E-state index in [1.54, 1.807) is 6.07 Å². The summed E-state index contributed by atoms with van der Waals surface area (Å²) >= 11 is 1.38. The van der Waals surface area contributed by atoms with Gasteiger partial charge < -0.3 is 4.90 Å².